The Morgan fingerprint density at radius 2 is 1.65 bits per heavy atom. The summed E-state index contributed by atoms with van der Waals surface area (Å²) in [6, 6.07) is 16.4. The molecule has 3 atom stereocenters. The van der Waals surface area contributed by atoms with Gasteiger partial charge in [-0.05, 0) is 54.4 Å². The molecule has 4 aliphatic rings. The van der Waals surface area contributed by atoms with Gasteiger partial charge in [0.25, 0.3) is 0 Å². The zero-order valence-corrected chi connectivity index (χ0v) is 19.1. The van der Waals surface area contributed by atoms with Gasteiger partial charge in [-0.2, -0.15) is 0 Å². The Bertz CT molecular complexity index is 1160. The van der Waals surface area contributed by atoms with Crippen LogP contribution in [0.3, 0.4) is 0 Å². The molecule has 0 spiro atoms. The minimum Gasteiger partial charge on any atom is -0.481 e. The number of carbonyl (C=O) groups is 3. The summed E-state index contributed by atoms with van der Waals surface area (Å²) in [5, 5.41) is 12.3. The van der Waals surface area contributed by atoms with E-state index in [2.05, 4.69) is 29.6 Å². The van der Waals surface area contributed by atoms with Crippen LogP contribution in [0.2, 0.25) is 0 Å². The molecule has 2 saturated carbocycles. The molecule has 6 rings (SSSR count). The van der Waals surface area contributed by atoms with Gasteiger partial charge in [0.1, 0.15) is 6.61 Å². The number of rotatable bonds is 5. The number of nitrogens with zero attached hydrogens (tertiary/aromatic N) is 1. The van der Waals surface area contributed by atoms with Crippen LogP contribution in [-0.4, -0.2) is 53.7 Å². The Morgan fingerprint density at radius 3 is 2.26 bits per heavy atom. The number of aliphatic carboxylic acids is 1. The highest BCUT2D eigenvalue weighted by Crippen LogP contribution is 2.65. The summed E-state index contributed by atoms with van der Waals surface area (Å²) in [7, 11) is 0. The number of hydrogen-bond acceptors (Lipinski definition) is 4. The molecule has 0 radical (unpaired) electrons. The third kappa shape index (κ3) is 3.13. The molecule has 2 aromatic carbocycles. The van der Waals surface area contributed by atoms with Gasteiger partial charge < -0.3 is 20.1 Å². The van der Waals surface area contributed by atoms with E-state index in [0.717, 1.165) is 12.8 Å². The summed E-state index contributed by atoms with van der Waals surface area (Å²) in [5.74, 6) is -0.538. The van der Waals surface area contributed by atoms with Gasteiger partial charge in [-0.1, -0.05) is 48.5 Å². The first kappa shape index (κ1) is 21.2. The van der Waals surface area contributed by atoms with Crippen molar-refractivity contribution in [3.63, 3.8) is 0 Å². The van der Waals surface area contributed by atoms with Crippen LogP contribution in [-0.2, 0) is 14.3 Å². The Kier molecular flexibility index (Phi) is 4.57. The molecule has 2 aromatic rings. The van der Waals surface area contributed by atoms with Gasteiger partial charge in [0.05, 0.1) is 10.8 Å². The first-order valence-corrected chi connectivity index (χ1v) is 11.9. The lowest BCUT2D eigenvalue weighted by atomic mass is 9.80. The fraction of sp³-hybridized carbons (Fsp3) is 0.444. The third-order valence-electron chi connectivity index (χ3n) is 8.39. The highest BCUT2D eigenvalue weighted by Gasteiger charge is 2.67. The number of ether oxygens (including phenoxy) is 1. The number of nitrogens with one attached hydrogen (secondary N) is 1. The van der Waals surface area contributed by atoms with Crippen molar-refractivity contribution in [2.75, 3.05) is 19.7 Å². The Labute approximate surface area is 198 Å². The summed E-state index contributed by atoms with van der Waals surface area (Å²) in [6.07, 6.45) is 1.74. The van der Waals surface area contributed by atoms with Gasteiger partial charge in [-0.15, -0.1) is 0 Å². The quantitative estimate of drug-likeness (QED) is 0.711. The molecule has 1 saturated heterocycles. The molecule has 1 heterocycles. The predicted octanol–water partition coefficient (Wildman–Crippen LogP) is 3.63. The number of likely N-dealkylation sites (tertiary alicyclic amines) is 1. The number of alkyl carbamates (subject to hydrolysis) is 1. The van der Waals surface area contributed by atoms with Crippen molar-refractivity contribution < 1.29 is 24.2 Å². The molecule has 2 amide bonds. The van der Waals surface area contributed by atoms with Gasteiger partial charge in [-0.25, -0.2) is 4.79 Å². The summed E-state index contributed by atoms with van der Waals surface area (Å²) < 4.78 is 5.67. The van der Waals surface area contributed by atoms with Crippen molar-refractivity contribution in [2.45, 2.75) is 38.1 Å². The average Bonchev–Trinajstić information content (AvgIpc) is 3.23. The fourth-order valence-electron chi connectivity index (χ4n) is 6.46. The average molecular weight is 461 g/mol. The predicted molar refractivity (Wildman–Crippen MR) is 124 cm³/mol. The Balaban J connectivity index is 1.05. The summed E-state index contributed by atoms with van der Waals surface area (Å²) >= 11 is 0. The van der Waals surface area contributed by atoms with Crippen LogP contribution < -0.4 is 5.32 Å². The molecular weight excluding hydrogens is 432 g/mol. The number of benzene rings is 2. The number of carboxylic acids is 1. The lowest BCUT2D eigenvalue weighted by Gasteiger charge is -2.46. The van der Waals surface area contributed by atoms with Gasteiger partial charge in [-0.3, -0.25) is 9.59 Å². The van der Waals surface area contributed by atoms with Crippen molar-refractivity contribution in [2.24, 2.45) is 16.7 Å². The lowest BCUT2D eigenvalue weighted by Crippen LogP contribution is -2.62. The third-order valence-corrected chi connectivity index (χ3v) is 8.39. The maximum atomic E-state index is 13.1. The van der Waals surface area contributed by atoms with Crippen LogP contribution >= 0.6 is 0 Å². The van der Waals surface area contributed by atoms with E-state index in [1.165, 1.54) is 22.3 Å². The molecular formula is C27H28N2O5. The molecule has 1 aliphatic heterocycles. The second-order valence-electron chi connectivity index (χ2n) is 10.7. The van der Waals surface area contributed by atoms with Gasteiger partial charge >= 0.3 is 12.1 Å². The van der Waals surface area contributed by atoms with Crippen LogP contribution in [0, 0.1) is 16.7 Å². The number of carboxylic acid groups (broad SMARTS) is 1. The largest absolute Gasteiger partial charge is 0.481 e. The van der Waals surface area contributed by atoms with E-state index in [-0.39, 0.29) is 43.5 Å². The molecule has 0 bridgehead atoms. The normalized spacial score (nSPS) is 27.7. The van der Waals surface area contributed by atoms with E-state index < -0.39 is 22.9 Å². The van der Waals surface area contributed by atoms with Crippen molar-refractivity contribution in [3.05, 3.63) is 59.7 Å². The number of amides is 2. The zero-order chi connectivity index (χ0) is 23.7. The molecule has 7 nitrogen and oxygen atoms in total. The molecule has 3 fully saturated rings. The van der Waals surface area contributed by atoms with Crippen molar-refractivity contribution in [1.29, 1.82) is 0 Å². The van der Waals surface area contributed by atoms with Crippen LogP contribution in [0.25, 0.3) is 11.1 Å². The smallest absolute Gasteiger partial charge is 0.407 e. The monoisotopic (exact) mass is 460 g/mol. The number of fused-ring (bicyclic) bond motifs is 4. The molecule has 176 valence electrons. The molecule has 7 heteroatoms. The van der Waals surface area contributed by atoms with Gasteiger partial charge in [0, 0.05) is 25.0 Å². The van der Waals surface area contributed by atoms with Crippen molar-refractivity contribution in [1.82, 2.24) is 10.2 Å². The summed E-state index contributed by atoms with van der Waals surface area (Å²) in [6.45, 7) is 2.47. The maximum Gasteiger partial charge on any atom is 0.407 e. The minimum atomic E-state index is -0.859. The second kappa shape index (κ2) is 7.32. The number of hydrogen-bond donors (Lipinski definition) is 2. The number of carbonyl (C=O) groups excluding carboxylic acids is 2. The van der Waals surface area contributed by atoms with Gasteiger partial charge in [0.15, 0.2) is 0 Å². The van der Waals surface area contributed by atoms with Crippen LogP contribution in [0.4, 0.5) is 4.79 Å². The van der Waals surface area contributed by atoms with E-state index in [1.807, 2.05) is 24.3 Å². The SMILES string of the molecule is CC1(C(=O)O)CN(C(=O)[C@@]23C[C@@H](NC(=O)OCC4c5ccccc5-c5ccccc54)C[C@@H]2C3)C1. The minimum absolute atomic E-state index is 0.0120. The first-order valence-electron chi connectivity index (χ1n) is 11.9. The molecule has 3 aliphatic carbocycles. The fourth-order valence-corrected chi connectivity index (χ4v) is 6.46. The summed E-state index contributed by atoms with van der Waals surface area (Å²) in [4.78, 5) is 38.7. The standard InChI is InChI=1S/C27H28N2O5/c1-26(24(31)32)14-29(15-26)23(30)27-11-16(27)10-17(12-27)28-25(33)34-13-22-20-8-4-2-6-18(20)19-7-3-5-9-21(19)22/h2-9,16-17,22H,10-15H2,1H3,(H,28,33)(H,31,32)/t16-,17+,27+/m1/s1. The molecule has 0 unspecified atom stereocenters. The molecule has 34 heavy (non-hydrogen) atoms. The molecule has 2 N–H and O–H groups in total. The van der Waals surface area contributed by atoms with E-state index in [1.54, 1.807) is 11.8 Å². The van der Waals surface area contributed by atoms with Crippen LogP contribution in [0.1, 0.15) is 43.2 Å². The van der Waals surface area contributed by atoms with E-state index >= 15 is 0 Å². The summed E-state index contributed by atoms with van der Waals surface area (Å²) in [5.41, 5.74) is 3.45. The molecule has 0 aromatic heterocycles. The second-order valence-corrected chi connectivity index (χ2v) is 10.7. The van der Waals surface area contributed by atoms with Crippen molar-refractivity contribution in [3.8, 4) is 11.1 Å². The van der Waals surface area contributed by atoms with Gasteiger partial charge in [0.2, 0.25) is 5.91 Å². The maximum absolute atomic E-state index is 13.1. The lowest BCUT2D eigenvalue weighted by molar-refractivity contribution is -0.166. The Morgan fingerprint density at radius 1 is 1.03 bits per heavy atom. The van der Waals surface area contributed by atoms with Crippen molar-refractivity contribution >= 4 is 18.0 Å². The van der Waals surface area contributed by atoms with Crippen LogP contribution in [0.15, 0.2) is 48.5 Å². The van der Waals surface area contributed by atoms with E-state index in [9.17, 15) is 19.5 Å². The van der Waals surface area contributed by atoms with E-state index in [0.29, 0.717) is 6.42 Å². The Hall–Kier alpha value is -3.35. The highest BCUT2D eigenvalue weighted by atomic mass is 16.5. The van der Waals surface area contributed by atoms with E-state index in [4.69, 9.17) is 4.74 Å². The van der Waals surface area contributed by atoms with Crippen LogP contribution in [0.5, 0.6) is 0 Å². The first-order chi connectivity index (χ1) is 16.3. The highest BCUT2D eigenvalue weighted by molar-refractivity contribution is 5.90. The zero-order valence-electron chi connectivity index (χ0n) is 19.1. The topological polar surface area (TPSA) is 95.9 Å².